The van der Waals surface area contributed by atoms with Gasteiger partial charge < -0.3 is 9.47 Å². The molecule has 0 saturated heterocycles. The molecule has 0 atom stereocenters. The Balaban J connectivity index is 1.78. The fourth-order valence-corrected chi connectivity index (χ4v) is 2.25. The predicted molar refractivity (Wildman–Crippen MR) is 72.8 cm³/mol. The summed E-state index contributed by atoms with van der Waals surface area (Å²) in [4.78, 5) is 2.30. The van der Waals surface area contributed by atoms with Gasteiger partial charge in [-0.05, 0) is 25.1 Å². The highest BCUT2D eigenvalue weighted by Gasteiger charge is 2.18. The van der Waals surface area contributed by atoms with E-state index in [1.165, 1.54) is 17.5 Å². The third kappa shape index (κ3) is 3.47. The van der Waals surface area contributed by atoms with Gasteiger partial charge in [0.15, 0.2) is 0 Å². The van der Waals surface area contributed by atoms with E-state index in [0.29, 0.717) is 13.2 Å². The smallest absolute Gasteiger partial charge is 0.124 e. The zero-order valence-electron chi connectivity index (χ0n) is 11.4. The zero-order chi connectivity index (χ0) is 12.8. The fourth-order valence-electron chi connectivity index (χ4n) is 2.25. The summed E-state index contributed by atoms with van der Waals surface area (Å²) in [6.45, 7) is 6.35. The number of fused-ring (bicyclic) bond motifs is 1. The van der Waals surface area contributed by atoms with E-state index in [9.17, 15) is 0 Å². The van der Waals surface area contributed by atoms with E-state index >= 15 is 0 Å². The van der Waals surface area contributed by atoms with Crippen molar-refractivity contribution in [3.05, 3.63) is 29.3 Å². The SMILES string of the molecule is CCCCOCCOc1cccc2c1CN(C)C2. The van der Waals surface area contributed by atoms with Gasteiger partial charge in [-0.2, -0.15) is 0 Å². The molecule has 100 valence electrons. The average molecular weight is 249 g/mol. The van der Waals surface area contributed by atoms with Crippen LogP contribution in [0.15, 0.2) is 18.2 Å². The molecular weight excluding hydrogens is 226 g/mol. The molecule has 0 amide bonds. The third-order valence-electron chi connectivity index (χ3n) is 3.23. The van der Waals surface area contributed by atoms with Gasteiger partial charge in [0.05, 0.1) is 6.61 Å². The molecule has 0 bridgehead atoms. The van der Waals surface area contributed by atoms with Gasteiger partial charge in [0.1, 0.15) is 12.4 Å². The summed E-state index contributed by atoms with van der Waals surface area (Å²) in [5.74, 6) is 1.02. The topological polar surface area (TPSA) is 21.7 Å². The van der Waals surface area contributed by atoms with Crippen LogP contribution in [-0.2, 0) is 17.8 Å². The summed E-state index contributed by atoms with van der Waals surface area (Å²) in [6, 6.07) is 6.32. The second kappa shape index (κ2) is 6.76. The number of benzene rings is 1. The predicted octanol–water partition coefficient (Wildman–Crippen LogP) is 2.83. The van der Waals surface area contributed by atoms with Crippen LogP contribution >= 0.6 is 0 Å². The van der Waals surface area contributed by atoms with Crippen molar-refractivity contribution >= 4 is 0 Å². The van der Waals surface area contributed by atoms with E-state index in [1.54, 1.807) is 0 Å². The van der Waals surface area contributed by atoms with E-state index in [1.807, 2.05) is 0 Å². The van der Waals surface area contributed by atoms with E-state index in [0.717, 1.165) is 31.9 Å². The van der Waals surface area contributed by atoms with Crippen LogP contribution in [0.4, 0.5) is 0 Å². The van der Waals surface area contributed by atoms with Crippen molar-refractivity contribution in [3.8, 4) is 5.75 Å². The molecule has 1 aliphatic heterocycles. The number of hydrogen-bond acceptors (Lipinski definition) is 3. The Kier molecular flexibility index (Phi) is 5.02. The first-order valence-electron chi connectivity index (χ1n) is 6.81. The molecule has 2 rings (SSSR count). The van der Waals surface area contributed by atoms with Crippen LogP contribution in [0, 0.1) is 0 Å². The van der Waals surface area contributed by atoms with Crippen molar-refractivity contribution in [1.29, 1.82) is 0 Å². The zero-order valence-corrected chi connectivity index (χ0v) is 11.4. The molecule has 18 heavy (non-hydrogen) atoms. The first kappa shape index (κ1) is 13.4. The second-order valence-electron chi connectivity index (χ2n) is 4.88. The number of rotatable bonds is 7. The highest BCUT2D eigenvalue weighted by molar-refractivity contribution is 5.42. The minimum Gasteiger partial charge on any atom is -0.491 e. The lowest BCUT2D eigenvalue weighted by atomic mass is 10.1. The molecule has 0 radical (unpaired) electrons. The number of ether oxygens (including phenoxy) is 2. The largest absolute Gasteiger partial charge is 0.491 e. The summed E-state index contributed by atoms with van der Waals surface area (Å²) < 4.78 is 11.3. The molecule has 0 N–H and O–H groups in total. The Morgan fingerprint density at radius 2 is 2.06 bits per heavy atom. The van der Waals surface area contributed by atoms with Crippen LogP contribution in [0.3, 0.4) is 0 Å². The fraction of sp³-hybridized carbons (Fsp3) is 0.600. The molecular formula is C15H23NO2. The van der Waals surface area contributed by atoms with Gasteiger partial charge in [-0.1, -0.05) is 25.5 Å². The summed E-state index contributed by atoms with van der Waals surface area (Å²) in [6.07, 6.45) is 2.31. The van der Waals surface area contributed by atoms with E-state index < -0.39 is 0 Å². The lowest BCUT2D eigenvalue weighted by molar-refractivity contribution is 0.0976. The van der Waals surface area contributed by atoms with Gasteiger partial charge >= 0.3 is 0 Å². The molecule has 1 aromatic rings. The van der Waals surface area contributed by atoms with Crippen LogP contribution in [0.1, 0.15) is 30.9 Å². The van der Waals surface area contributed by atoms with Gasteiger partial charge in [-0.3, -0.25) is 4.90 Å². The Morgan fingerprint density at radius 1 is 1.17 bits per heavy atom. The minimum absolute atomic E-state index is 0.643. The molecule has 3 heteroatoms. The summed E-state index contributed by atoms with van der Waals surface area (Å²) >= 11 is 0. The summed E-state index contributed by atoms with van der Waals surface area (Å²) in [5, 5.41) is 0. The molecule has 0 spiro atoms. The van der Waals surface area contributed by atoms with Crippen molar-refractivity contribution in [1.82, 2.24) is 4.90 Å². The number of hydrogen-bond donors (Lipinski definition) is 0. The summed E-state index contributed by atoms with van der Waals surface area (Å²) in [7, 11) is 2.14. The number of nitrogens with zero attached hydrogens (tertiary/aromatic N) is 1. The molecule has 0 aliphatic carbocycles. The molecule has 0 fully saturated rings. The first-order valence-corrected chi connectivity index (χ1v) is 6.81. The highest BCUT2D eigenvalue weighted by atomic mass is 16.5. The normalized spacial score (nSPS) is 14.8. The van der Waals surface area contributed by atoms with Gasteiger partial charge in [-0.15, -0.1) is 0 Å². The van der Waals surface area contributed by atoms with Crippen molar-refractivity contribution in [2.45, 2.75) is 32.9 Å². The maximum Gasteiger partial charge on any atom is 0.124 e. The van der Waals surface area contributed by atoms with Crippen molar-refractivity contribution < 1.29 is 9.47 Å². The maximum absolute atomic E-state index is 5.83. The Morgan fingerprint density at radius 3 is 2.89 bits per heavy atom. The van der Waals surface area contributed by atoms with Crippen molar-refractivity contribution in [3.63, 3.8) is 0 Å². The Bertz CT molecular complexity index is 379. The third-order valence-corrected chi connectivity index (χ3v) is 3.23. The van der Waals surface area contributed by atoms with Crippen molar-refractivity contribution in [2.24, 2.45) is 0 Å². The Hall–Kier alpha value is -1.06. The van der Waals surface area contributed by atoms with Crippen LogP contribution in [0.25, 0.3) is 0 Å². The van der Waals surface area contributed by atoms with Gasteiger partial charge in [-0.25, -0.2) is 0 Å². The Labute approximate surface area is 110 Å². The highest BCUT2D eigenvalue weighted by Crippen LogP contribution is 2.29. The van der Waals surface area contributed by atoms with E-state index in [2.05, 4.69) is 37.1 Å². The summed E-state index contributed by atoms with van der Waals surface area (Å²) in [5.41, 5.74) is 2.73. The molecule has 0 aromatic heterocycles. The lowest BCUT2D eigenvalue weighted by Crippen LogP contribution is -2.10. The molecule has 1 aliphatic rings. The lowest BCUT2D eigenvalue weighted by Gasteiger charge is -2.11. The van der Waals surface area contributed by atoms with Crippen LogP contribution in [-0.4, -0.2) is 31.8 Å². The monoisotopic (exact) mass is 249 g/mol. The first-order chi connectivity index (χ1) is 8.81. The van der Waals surface area contributed by atoms with Gasteiger partial charge in [0.2, 0.25) is 0 Å². The average Bonchev–Trinajstić information content (AvgIpc) is 2.74. The van der Waals surface area contributed by atoms with Gasteiger partial charge in [0.25, 0.3) is 0 Å². The molecule has 3 nitrogen and oxygen atoms in total. The van der Waals surface area contributed by atoms with Crippen LogP contribution in [0.2, 0.25) is 0 Å². The van der Waals surface area contributed by atoms with E-state index in [-0.39, 0.29) is 0 Å². The van der Waals surface area contributed by atoms with Crippen LogP contribution in [0.5, 0.6) is 5.75 Å². The number of unbranched alkanes of at least 4 members (excludes halogenated alkanes) is 1. The van der Waals surface area contributed by atoms with E-state index in [4.69, 9.17) is 9.47 Å². The van der Waals surface area contributed by atoms with Crippen LogP contribution < -0.4 is 4.74 Å². The molecule has 1 aromatic carbocycles. The standard InChI is InChI=1S/C15H23NO2/c1-3-4-8-17-9-10-18-15-7-5-6-13-11-16(2)12-14(13)15/h5-7H,3-4,8-12H2,1-2H3. The van der Waals surface area contributed by atoms with Crippen molar-refractivity contribution in [2.75, 3.05) is 26.9 Å². The maximum atomic E-state index is 5.83. The molecule has 0 unspecified atom stereocenters. The van der Waals surface area contributed by atoms with Gasteiger partial charge in [0, 0.05) is 25.3 Å². The second-order valence-corrected chi connectivity index (χ2v) is 4.88. The molecule has 0 saturated carbocycles. The quantitative estimate of drug-likeness (QED) is 0.694. The molecule has 1 heterocycles. The minimum atomic E-state index is 0.643.